The number of aromatic nitrogens is 1. The molecule has 1 aliphatic heterocycles. The maximum Gasteiger partial charge on any atom is 0.243 e. The van der Waals surface area contributed by atoms with Crippen LogP contribution in [0.2, 0.25) is 0 Å². The van der Waals surface area contributed by atoms with Gasteiger partial charge in [-0.1, -0.05) is 37.3 Å². The Morgan fingerprint density at radius 2 is 2.00 bits per heavy atom. The molecule has 3 atom stereocenters. The Balaban J connectivity index is 1.79. The zero-order valence-electron chi connectivity index (χ0n) is 15.6. The number of nitrogens with one attached hydrogen (secondary N) is 1. The van der Waals surface area contributed by atoms with Crippen LogP contribution in [0.25, 0.3) is 10.2 Å². The van der Waals surface area contributed by atoms with Crippen LogP contribution in [0.15, 0.2) is 18.2 Å². The van der Waals surface area contributed by atoms with Gasteiger partial charge in [-0.15, -0.1) is 0 Å². The van der Waals surface area contributed by atoms with Gasteiger partial charge in [-0.2, -0.15) is 0 Å². The molecule has 1 amide bonds. The first-order valence-corrected chi connectivity index (χ1v) is 9.73. The standard InChI is InChI=1S/C19H27N3O2S/c1-11(2)17(22-9-13(4)24-14(5)10-22)18(23)21-19-20-16-12(3)7-6-8-15(16)25-19/h6-8,11,13-14,17H,9-10H2,1-5H3,(H,20,21,23). The van der Waals surface area contributed by atoms with Crippen molar-refractivity contribution in [3.05, 3.63) is 23.8 Å². The van der Waals surface area contributed by atoms with Crippen molar-refractivity contribution in [1.29, 1.82) is 0 Å². The van der Waals surface area contributed by atoms with Crippen LogP contribution >= 0.6 is 11.3 Å². The maximum atomic E-state index is 13.0. The van der Waals surface area contributed by atoms with E-state index in [9.17, 15) is 4.79 Å². The number of anilines is 1. The number of benzene rings is 1. The van der Waals surface area contributed by atoms with Crippen LogP contribution in [0.5, 0.6) is 0 Å². The molecule has 136 valence electrons. The lowest BCUT2D eigenvalue weighted by atomic mass is 10.00. The van der Waals surface area contributed by atoms with Crippen LogP contribution in [0, 0.1) is 12.8 Å². The number of hydrogen-bond acceptors (Lipinski definition) is 5. The summed E-state index contributed by atoms with van der Waals surface area (Å²) in [5, 5.41) is 3.73. The van der Waals surface area contributed by atoms with Gasteiger partial charge in [0.05, 0.1) is 28.5 Å². The summed E-state index contributed by atoms with van der Waals surface area (Å²) in [6.45, 7) is 11.9. The molecule has 1 N–H and O–H groups in total. The zero-order valence-corrected chi connectivity index (χ0v) is 16.4. The molecule has 0 radical (unpaired) electrons. The smallest absolute Gasteiger partial charge is 0.243 e. The number of hydrogen-bond donors (Lipinski definition) is 1. The molecule has 0 spiro atoms. The average Bonchev–Trinajstić information content (AvgIpc) is 2.89. The largest absolute Gasteiger partial charge is 0.373 e. The second kappa shape index (κ2) is 7.40. The van der Waals surface area contributed by atoms with Crippen molar-refractivity contribution in [1.82, 2.24) is 9.88 Å². The summed E-state index contributed by atoms with van der Waals surface area (Å²) >= 11 is 1.53. The van der Waals surface area contributed by atoms with Crippen molar-refractivity contribution < 1.29 is 9.53 Å². The number of para-hydroxylation sites is 1. The molecule has 1 aromatic heterocycles. The summed E-state index contributed by atoms with van der Waals surface area (Å²) in [6, 6.07) is 5.93. The van der Waals surface area contributed by atoms with E-state index in [4.69, 9.17) is 4.74 Å². The van der Waals surface area contributed by atoms with Gasteiger partial charge >= 0.3 is 0 Å². The van der Waals surface area contributed by atoms with Crippen LogP contribution < -0.4 is 5.32 Å². The Hall–Kier alpha value is -1.50. The van der Waals surface area contributed by atoms with E-state index < -0.39 is 0 Å². The molecule has 3 rings (SSSR count). The number of ether oxygens (including phenoxy) is 1. The van der Waals surface area contributed by atoms with E-state index >= 15 is 0 Å². The third-order valence-corrected chi connectivity index (χ3v) is 5.53. The Labute approximate surface area is 153 Å². The third kappa shape index (κ3) is 4.02. The molecule has 1 aliphatic rings. The second-order valence-corrected chi connectivity index (χ2v) is 8.36. The van der Waals surface area contributed by atoms with E-state index in [1.165, 1.54) is 11.3 Å². The SMILES string of the molecule is Cc1cccc2sc(NC(=O)C(C(C)C)N3CC(C)OC(C)C3)nc12. The quantitative estimate of drug-likeness (QED) is 0.903. The molecule has 1 saturated heterocycles. The van der Waals surface area contributed by atoms with Gasteiger partial charge in [0.15, 0.2) is 5.13 Å². The van der Waals surface area contributed by atoms with E-state index in [0.29, 0.717) is 5.13 Å². The maximum absolute atomic E-state index is 13.0. The fourth-order valence-electron chi connectivity index (χ4n) is 3.65. The molecule has 5 nitrogen and oxygen atoms in total. The minimum absolute atomic E-state index is 0.0213. The van der Waals surface area contributed by atoms with E-state index in [1.807, 2.05) is 25.1 Å². The predicted molar refractivity (Wildman–Crippen MR) is 103 cm³/mol. The Morgan fingerprint density at radius 1 is 1.32 bits per heavy atom. The van der Waals surface area contributed by atoms with Crippen molar-refractivity contribution in [3.63, 3.8) is 0 Å². The van der Waals surface area contributed by atoms with Crippen LogP contribution in [0.3, 0.4) is 0 Å². The average molecular weight is 362 g/mol. The summed E-state index contributed by atoms with van der Waals surface area (Å²) in [4.78, 5) is 19.9. The van der Waals surface area contributed by atoms with Gasteiger partial charge in [0.2, 0.25) is 5.91 Å². The molecule has 0 aliphatic carbocycles. The predicted octanol–water partition coefficient (Wildman–Crippen LogP) is 3.68. The zero-order chi connectivity index (χ0) is 18.1. The number of rotatable bonds is 4. The van der Waals surface area contributed by atoms with Crippen LogP contribution in [-0.2, 0) is 9.53 Å². The van der Waals surface area contributed by atoms with Crippen LogP contribution in [0.1, 0.15) is 33.3 Å². The van der Waals surface area contributed by atoms with Gasteiger partial charge in [0.25, 0.3) is 0 Å². The molecular formula is C19H27N3O2S. The summed E-state index contributed by atoms with van der Waals surface area (Å²) in [6.07, 6.45) is 0.283. The second-order valence-electron chi connectivity index (χ2n) is 7.33. The number of aryl methyl sites for hydroxylation is 1. The minimum Gasteiger partial charge on any atom is -0.373 e. The van der Waals surface area contributed by atoms with Gasteiger partial charge < -0.3 is 10.1 Å². The molecule has 0 saturated carbocycles. The number of thiazole rings is 1. The molecule has 2 aromatic rings. The number of amides is 1. The first-order chi connectivity index (χ1) is 11.8. The fourth-order valence-corrected chi connectivity index (χ4v) is 4.60. The lowest BCUT2D eigenvalue weighted by molar-refractivity contribution is -0.130. The summed E-state index contributed by atoms with van der Waals surface area (Å²) < 4.78 is 6.92. The molecule has 25 heavy (non-hydrogen) atoms. The van der Waals surface area contributed by atoms with Gasteiger partial charge in [-0.3, -0.25) is 9.69 Å². The van der Waals surface area contributed by atoms with Gasteiger partial charge in [-0.25, -0.2) is 4.98 Å². The number of carbonyl (C=O) groups is 1. The van der Waals surface area contributed by atoms with Crippen molar-refractivity contribution in [3.8, 4) is 0 Å². The Bertz CT molecular complexity index is 748. The highest BCUT2D eigenvalue weighted by atomic mass is 32.1. The van der Waals surface area contributed by atoms with Crippen LogP contribution in [-0.4, -0.2) is 47.1 Å². The van der Waals surface area contributed by atoms with Gasteiger partial charge in [0, 0.05) is 13.1 Å². The first kappa shape index (κ1) is 18.3. The minimum atomic E-state index is -0.179. The van der Waals surface area contributed by atoms with Crippen LogP contribution in [0.4, 0.5) is 5.13 Å². The van der Waals surface area contributed by atoms with Crippen molar-refractivity contribution in [2.75, 3.05) is 18.4 Å². The molecule has 1 aromatic carbocycles. The summed E-state index contributed by atoms with van der Waals surface area (Å²) in [5.41, 5.74) is 2.10. The lowest BCUT2D eigenvalue weighted by Crippen LogP contribution is -2.55. The number of nitrogens with zero attached hydrogens (tertiary/aromatic N) is 2. The van der Waals surface area contributed by atoms with E-state index in [1.54, 1.807) is 0 Å². The van der Waals surface area contributed by atoms with E-state index in [0.717, 1.165) is 28.9 Å². The van der Waals surface area contributed by atoms with E-state index in [2.05, 4.69) is 42.9 Å². The van der Waals surface area contributed by atoms with Gasteiger partial charge in [-0.05, 0) is 38.3 Å². The number of fused-ring (bicyclic) bond motifs is 1. The number of carbonyl (C=O) groups excluding carboxylic acids is 1. The molecule has 3 unspecified atom stereocenters. The first-order valence-electron chi connectivity index (χ1n) is 8.91. The van der Waals surface area contributed by atoms with E-state index in [-0.39, 0.29) is 30.1 Å². The highest BCUT2D eigenvalue weighted by Crippen LogP contribution is 2.28. The normalized spacial score (nSPS) is 23.1. The summed E-state index contributed by atoms with van der Waals surface area (Å²) in [5.74, 6) is 0.238. The third-order valence-electron chi connectivity index (χ3n) is 4.59. The highest BCUT2D eigenvalue weighted by molar-refractivity contribution is 7.22. The summed E-state index contributed by atoms with van der Waals surface area (Å²) in [7, 11) is 0. The molecule has 2 heterocycles. The Kier molecular flexibility index (Phi) is 5.41. The molecule has 6 heteroatoms. The monoisotopic (exact) mass is 361 g/mol. The fraction of sp³-hybridized carbons (Fsp3) is 0.579. The number of morpholine rings is 1. The van der Waals surface area contributed by atoms with Gasteiger partial charge in [0.1, 0.15) is 0 Å². The topological polar surface area (TPSA) is 54.5 Å². The van der Waals surface area contributed by atoms with Crippen molar-refractivity contribution in [2.45, 2.75) is 52.9 Å². The van der Waals surface area contributed by atoms with Crippen molar-refractivity contribution >= 4 is 32.6 Å². The molecule has 0 bridgehead atoms. The van der Waals surface area contributed by atoms with Crippen molar-refractivity contribution in [2.24, 2.45) is 5.92 Å². The molecule has 1 fully saturated rings. The lowest BCUT2D eigenvalue weighted by Gasteiger charge is -2.40. The highest BCUT2D eigenvalue weighted by Gasteiger charge is 2.34. The Morgan fingerprint density at radius 3 is 2.60 bits per heavy atom. The molecular weight excluding hydrogens is 334 g/mol.